The van der Waals surface area contributed by atoms with Crippen LogP contribution in [0, 0.1) is 31.9 Å². The van der Waals surface area contributed by atoms with Gasteiger partial charge in [-0.1, -0.05) is 6.07 Å². The second kappa shape index (κ2) is 20.9. The van der Waals surface area contributed by atoms with Crippen molar-refractivity contribution in [1.29, 1.82) is 0 Å². The molecule has 0 radical (unpaired) electrons. The van der Waals surface area contributed by atoms with Gasteiger partial charge >= 0.3 is 17.8 Å². The number of non-ortho nitro benzene ring substituents is 1. The monoisotopic (exact) mass is 848 g/mol. The number of hydrogen-bond donors (Lipinski definition) is 3. The number of halogens is 6. The first kappa shape index (κ1) is 46.3. The molecule has 5 N–H and O–H groups in total. The van der Waals surface area contributed by atoms with Gasteiger partial charge in [0.2, 0.25) is 0 Å². The molecule has 0 saturated carbocycles. The normalized spacial score (nSPS) is 10.4. The van der Waals surface area contributed by atoms with E-state index in [1.54, 1.807) is 25.3 Å². The van der Waals surface area contributed by atoms with E-state index in [1.165, 1.54) is 40.7 Å². The van der Waals surface area contributed by atoms with Gasteiger partial charge in [0, 0.05) is 23.4 Å². The minimum atomic E-state index is -2.91. The summed E-state index contributed by atoms with van der Waals surface area (Å²) in [5.74, 6) is 1.55. The Bertz CT molecular complexity index is 2510. The Kier molecular flexibility index (Phi) is 16.2. The van der Waals surface area contributed by atoms with Crippen molar-refractivity contribution in [3.8, 4) is 22.9 Å². The zero-order valence-electron chi connectivity index (χ0n) is 30.7. The van der Waals surface area contributed by atoms with Crippen molar-refractivity contribution in [2.24, 2.45) is 0 Å². The molecule has 316 valence electrons. The number of pyridine rings is 2. The Labute approximate surface area is 332 Å². The molecular formula is C36H30F6N8O10. The molecule has 0 bridgehead atoms. The van der Waals surface area contributed by atoms with Crippen LogP contribution in [0.25, 0.3) is 17.0 Å². The number of carbonyl (C=O) groups excluding carboxylic acids is 1. The Morgan fingerprint density at radius 1 is 0.900 bits per heavy atom. The summed E-state index contributed by atoms with van der Waals surface area (Å²) in [5.41, 5.74) is 3.49. The summed E-state index contributed by atoms with van der Waals surface area (Å²) in [6.45, 7) is 2.05. The van der Waals surface area contributed by atoms with Crippen LogP contribution in [0.3, 0.4) is 0 Å². The third kappa shape index (κ3) is 12.0. The van der Waals surface area contributed by atoms with Gasteiger partial charge in [-0.05, 0) is 73.3 Å². The molecule has 3 aromatic carbocycles. The fourth-order valence-electron chi connectivity index (χ4n) is 4.66. The first-order valence-electron chi connectivity index (χ1n) is 16.4. The lowest BCUT2D eigenvalue weighted by molar-refractivity contribution is -0.623. The van der Waals surface area contributed by atoms with Crippen molar-refractivity contribution in [2.75, 3.05) is 25.3 Å². The third-order valence-corrected chi connectivity index (χ3v) is 7.42. The maximum Gasteiger partial charge on any atom is 0.346 e. The van der Waals surface area contributed by atoms with Crippen molar-refractivity contribution in [1.82, 2.24) is 14.6 Å². The summed E-state index contributed by atoms with van der Waals surface area (Å²) in [5, 5.41) is 44.2. The number of rotatable bonds is 9. The minimum absolute atomic E-state index is 0.00593. The Morgan fingerprint density at radius 3 is 2.08 bits per heavy atom. The molecule has 0 saturated heterocycles. The molecule has 0 aliphatic rings. The van der Waals surface area contributed by atoms with Crippen molar-refractivity contribution in [2.45, 2.75) is 19.8 Å². The fourth-order valence-corrected chi connectivity index (χ4v) is 4.66. The molecule has 0 aliphatic heterocycles. The number of aromatic carboxylic acids is 1. The number of alkyl halides is 4. The van der Waals surface area contributed by atoms with Crippen LogP contribution in [0.5, 0.6) is 11.5 Å². The second-order valence-electron chi connectivity index (χ2n) is 11.3. The van der Waals surface area contributed by atoms with Crippen LogP contribution in [0.4, 0.5) is 43.5 Å². The summed E-state index contributed by atoms with van der Waals surface area (Å²) in [6.07, 6.45) is -2.62. The predicted octanol–water partition coefficient (Wildman–Crippen LogP) is 5.97. The van der Waals surface area contributed by atoms with Gasteiger partial charge in [0.15, 0.2) is 17.0 Å². The number of nitrogens with zero attached hydrogens (tertiary/aromatic N) is 6. The molecule has 6 rings (SSSR count). The summed E-state index contributed by atoms with van der Waals surface area (Å²) in [4.78, 5) is 45.0. The van der Waals surface area contributed by atoms with Gasteiger partial charge in [-0.25, -0.2) is 45.4 Å². The van der Waals surface area contributed by atoms with Crippen molar-refractivity contribution in [3.05, 3.63) is 145 Å². The molecule has 0 amide bonds. The van der Waals surface area contributed by atoms with Crippen LogP contribution in [0.15, 0.2) is 91.3 Å². The standard InChI is InChI=1S/C14H8F3N3O2.C8H7F3O.C8H11N3O2.C6H4N2O5/c15-7-3-4-8(10(6-7)11(16)17)12-18-13-9(14(21)22)2-1-5-20(13)19-12;1-12-7-3-2-5(9)4-6(7)8(10)11;1-2-13-8(12)6-4-3-5-11(10)7(6)9;9-6-2-1-4(7(10)11)3-5(6)8(12)13/h1-6,11H,(H,21,22);2-4,8H,1H3;3-5,9H,2,10H2,1H3;1-3,9H. The number of aromatic nitrogens is 4. The van der Waals surface area contributed by atoms with Gasteiger partial charge in [0.25, 0.3) is 24.2 Å². The lowest BCUT2D eigenvalue weighted by atomic mass is 10.1. The zero-order chi connectivity index (χ0) is 44.8. The number of benzene rings is 3. The van der Waals surface area contributed by atoms with Gasteiger partial charge in [-0.3, -0.25) is 31.8 Å². The number of carboxylic acids is 1. The smallest absolute Gasteiger partial charge is 0.346 e. The van der Waals surface area contributed by atoms with E-state index in [4.69, 9.17) is 21.4 Å². The zero-order valence-corrected chi connectivity index (χ0v) is 30.7. The SMILES string of the molecule is CCOC(=O)c1ccc[n+](N)c1N.COc1ccc(F)cc1C(F)F.O=C(O)c1cccn2nc(-c3ccc(F)cc3C(F)F)nc12.O=[N+]([O-])c1ccc([O-])c([N+](=O)[O-])c1. The molecule has 3 heterocycles. The van der Waals surface area contributed by atoms with Crippen LogP contribution in [-0.2, 0) is 4.74 Å². The molecule has 3 aromatic heterocycles. The van der Waals surface area contributed by atoms with Gasteiger partial charge in [0.05, 0.1) is 35.2 Å². The first-order valence-corrected chi connectivity index (χ1v) is 16.4. The average molecular weight is 849 g/mol. The van der Waals surface area contributed by atoms with Crippen molar-refractivity contribution >= 4 is 34.8 Å². The van der Waals surface area contributed by atoms with Gasteiger partial charge in [-0.15, -0.1) is 9.77 Å². The van der Waals surface area contributed by atoms with Crippen molar-refractivity contribution < 1.29 is 70.1 Å². The van der Waals surface area contributed by atoms with Crippen LogP contribution >= 0.6 is 0 Å². The number of esters is 1. The van der Waals surface area contributed by atoms with Crippen LogP contribution in [0.2, 0.25) is 0 Å². The third-order valence-electron chi connectivity index (χ3n) is 7.42. The van der Waals surface area contributed by atoms with E-state index in [9.17, 15) is 61.3 Å². The lowest BCUT2D eigenvalue weighted by Gasteiger charge is -2.06. The van der Waals surface area contributed by atoms with Gasteiger partial charge in [0.1, 0.15) is 29.1 Å². The summed E-state index contributed by atoms with van der Waals surface area (Å²) < 4.78 is 87.7. The molecule has 0 atom stereocenters. The highest BCUT2D eigenvalue weighted by Crippen LogP contribution is 2.31. The van der Waals surface area contributed by atoms with E-state index in [1.807, 2.05) is 0 Å². The fraction of sp³-hybridized carbons (Fsp3) is 0.139. The molecule has 0 unspecified atom stereocenters. The number of nitrogen functional groups attached to an aromatic ring is 2. The first-order chi connectivity index (χ1) is 28.3. The van der Waals surface area contributed by atoms with E-state index < -0.39 is 74.5 Å². The van der Waals surface area contributed by atoms with E-state index >= 15 is 0 Å². The summed E-state index contributed by atoms with van der Waals surface area (Å²) >= 11 is 0. The molecule has 24 heteroatoms. The number of carbonyl (C=O) groups is 2. The number of nitro benzene ring substituents is 2. The maximum absolute atomic E-state index is 13.1. The van der Waals surface area contributed by atoms with E-state index in [0.29, 0.717) is 18.7 Å². The number of nitro groups is 2. The van der Waals surface area contributed by atoms with Gasteiger partial charge in [-0.2, -0.15) is 0 Å². The highest BCUT2D eigenvalue weighted by molar-refractivity contribution is 5.94. The number of hydrogen-bond acceptors (Lipinski definition) is 13. The number of carboxylic acid groups (broad SMARTS) is 1. The minimum Gasteiger partial charge on any atom is -0.868 e. The lowest BCUT2D eigenvalue weighted by Crippen LogP contribution is -2.47. The number of methoxy groups -OCH3 is 1. The molecule has 18 nitrogen and oxygen atoms in total. The number of anilines is 1. The molecule has 0 fully saturated rings. The Hall–Kier alpha value is -8.05. The summed E-state index contributed by atoms with van der Waals surface area (Å²) in [6, 6.07) is 14.2. The molecular weight excluding hydrogens is 818 g/mol. The largest absolute Gasteiger partial charge is 0.868 e. The summed E-state index contributed by atoms with van der Waals surface area (Å²) in [7, 11) is 1.26. The Morgan fingerprint density at radius 2 is 1.52 bits per heavy atom. The number of fused-ring (bicyclic) bond motifs is 1. The predicted molar refractivity (Wildman–Crippen MR) is 195 cm³/mol. The molecule has 60 heavy (non-hydrogen) atoms. The highest BCUT2D eigenvalue weighted by Gasteiger charge is 2.21. The van der Waals surface area contributed by atoms with Crippen LogP contribution < -0.4 is 26.1 Å². The second-order valence-corrected chi connectivity index (χ2v) is 11.3. The van der Waals surface area contributed by atoms with E-state index in [-0.39, 0.29) is 39.7 Å². The van der Waals surface area contributed by atoms with E-state index in [2.05, 4.69) is 14.8 Å². The molecule has 0 spiro atoms. The van der Waals surface area contributed by atoms with Crippen LogP contribution in [-0.4, -0.2) is 55.2 Å². The number of ether oxygens (including phenoxy) is 2. The molecule has 0 aliphatic carbocycles. The topological polar surface area (TPSA) is 268 Å². The maximum atomic E-state index is 13.1. The number of nitrogens with two attached hydrogens (primary N) is 2. The molecule has 6 aromatic rings. The average Bonchev–Trinajstić information content (AvgIpc) is 3.64. The highest BCUT2D eigenvalue weighted by atomic mass is 19.3. The Balaban J connectivity index is 0.000000222. The van der Waals surface area contributed by atoms with Crippen molar-refractivity contribution in [3.63, 3.8) is 0 Å². The quantitative estimate of drug-likeness (QED) is 0.0378. The van der Waals surface area contributed by atoms with Gasteiger partial charge < -0.3 is 19.7 Å². The van der Waals surface area contributed by atoms with Crippen LogP contribution in [0.1, 0.15) is 51.6 Å². The van der Waals surface area contributed by atoms with E-state index in [0.717, 1.165) is 36.4 Å².